The number of rotatable bonds is 7. The number of carbonyl (C=O) groups excluding carboxylic acids is 1. The van der Waals surface area contributed by atoms with E-state index in [0.717, 1.165) is 5.56 Å². The molecule has 36 heavy (non-hydrogen) atoms. The zero-order valence-electron chi connectivity index (χ0n) is 19.8. The fourth-order valence-electron chi connectivity index (χ4n) is 4.14. The highest BCUT2D eigenvalue weighted by atomic mass is 19.3. The van der Waals surface area contributed by atoms with E-state index in [9.17, 15) is 13.6 Å². The number of nitrogens with one attached hydrogen (secondary N) is 1. The molecule has 9 heteroatoms. The van der Waals surface area contributed by atoms with Gasteiger partial charge >= 0.3 is 0 Å². The number of fused-ring (bicyclic) bond motifs is 1. The monoisotopic (exact) mass is 486 g/mol. The third-order valence-corrected chi connectivity index (χ3v) is 5.88. The number of pyridine rings is 1. The third kappa shape index (κ3) is 4.86. The van der Waals surface area contributed by atoms with E-state index in [1.54, 1.807) is 36.0 Å². The summed E-state index contributed by atoms with van der Waals surface area (Å²) in [4.78, 5) is 17.4. The molecule has 0 atom stereocenters. The second-order valence-corrected chi connectivity index (χ2v) is 8.64. The Balaban J connectivity index is 1.38. The number of amides is 1. The van der Waals surface area contributed by atoms with Gasteiger partial charge in [-0.15, -0.1) is 0 Å². The number of hydrogen-bond donors (Lipinski definition) is 1. The predicted octanol–water partition coefficient (Wildman–Crippen LogP) is 5.54. The Morgan fingerprint density at radius 3 is 2.47 bits per heavy atom. The number of hydrogen-bond acceptors (Lipinski definition) is 4. The largest absolute Gasteiger partial charge is 0.308 e. The molecule has 1 amide bonds. The van der Waals surface area contributed by atoms with Gasteiger partial charge in [0, 0.05) is 23.4 Å². The Labute approximate surface area is 206 Å². The second kappa shape index (κ2) is 9.69. The van der Waals surface area contributed by atoms with Crippen LogP contribution in [0, 0.1) is 13.8 Å². The summed E-state index contributed by atoms with van der Waals surface area (Å²) >= 11 is 0. The van der Waals surface area contributed by atoms with Crippen LogP contribution in [0.1, 0.15) is 28.8 Å². The highest BCUT2D eigenvalue weighted by Crippen LogP contribution is 2.33. The minimum atomic E-state index is -2.71. The average molecular weight is 487 g/mol. The lowest BCUT2D eigenvalue weighted by atomic mass is 10.1. The first-order chi connectivity index (χ1) is 17.4. The van der Waals surface area contributed by atoms with Gasteiger partial charge in [-0.05, 0) is 25.5 Å². The fraction of sp³-hybridized carbons (Fsp3) is 0.185. The quantitative estimate of drug-likeness (QED) is 0.328. The summed E-state index contributed by atoms with van der Waals surface area (Å²) < 4.78 is 31.0. The highest BCUT2D eigenvalue weighted by molar-refractivity contribution is 5.91. The van der Waals surface area contributed by atoms with E-state index in [0.29, 0.717) is 29.3 Å². The first kappa shape index (κ1) is 23.3. The van der Waals surface area contributed by atoms with E-state index in [2.05, 4.69) is 20.5 Å². The molecule has 2 aromatic carbocycles. The van der Waals surface area contributed by atoms with Crippen LogP contribution in [0.5, 0.6) is 0 Å². The first-order valence-corrected chi connectivity index (χ1v) is 11.5. The predicted molar refractivity (Wildman–Crippen MR) is 134 cm³/mol. The molecule has 0 aliphatic carbocycles. The maximum absolute atomic E-state index is 14.0. The SMILES string of the molecule is Cc1ccc(Cn2ccc(NC(=O)Cn3nc(C)c4c(C(F)F)cc(-c5ccccc5)nc43)n2)cc1. The van der Waals surface area contributed by atoms with Crippen molar-refractivity contribution in [2.24, 2.45) is 0 Å². The topological polar surface area (TPSA) is 77.6 Å². The molecule has 1 N–H and O–H groups in total. The van der Waals surface area contributed by atoms with E-state index in [-0.39, 0.29) is 29.0 Å². The number of anilines is 1. The zero-order valence-corrected chi connectivity index (χ0v) is 19.8. The molecule has 0 unspecified atom stereocenters. The van der Waals surface area contributed by atoms with Crippen molar-refractivity contribution in [2.75, 3.05) is 5.32 Å². The smallest absolute Gasteiger partial charge is 0.264 e. The number of alkyl halides is 2. The zero-order chi connectivity index (χ0) is 25.2. The van der Waals surface area contributed by atoms with Gasteiger partial charge in [0.1, 0.15) is 6.54 Å². The van der Waals surface area contributed by atoms with Crippen LogP contribution in [0.3, 0.4) is 0 Å². The van der Waals surface area contributed by atoms with Crippen LogP contribution < -0.4 is 5.32 Å². The molecule has 0 aliphatic rings. The van der Waals surface area contributed by atoms with Crippen molar-refractivity contribution in [1.29, 1.82) is 0 Å². The van der Waals surface area contributed by atoms with Crippen molar-refractivity contribution in [3.63, 3.8) is 0 Å². The summed E-state index contributed by atoms with van der Waals surface area (Å²) in [7, 11) is 0. The molecule has 0 fully saturated rings. The Bertz CT molecular complexity index is 1520. The molecular formula is C27H24F2N6O. The van der Waals surface area contributed by atoms with Crippen molar-refractivity contribution in [3.05, 3.63) is 95.3 Å². The van der Waals surface area contributed by atoms with E-state index in [4.69, 9.17) is 0 Å². The number of carbonyl (C=O) groups is 1. The minimum absolute atomic E-state index is 0.155. The number of halogens is 2. The summed E-state index contributed by atoms with van der Waals surface area (Å²) in [6, 6.07) is 20.3. The lowest BCUT2D eigenvalue weighted by Crippen LogP contribution is -2.20. The van der Waals surface area contributed by atoms with Crippen LogP contribution in [0.25, 0.3) is 22.3 Å². The molecule has 0 radical (unpaired) electrons. The third-order valence-electron chi connectivity index (χ3n) is 5.88. The maximum Gasteiger partial charge on any atom is 0.264 e. The van der Waals surface area contributed by atoms with Gasteiger partial charge in [0.2, 0.25) is 5.91 Å². The lowest BCUT2D eigenvalue weighted by molar-refractivity contribution is -0.116. The molecule has 0 saturated carbocycles. The maximum atomic E-state index is 14.0. The molecule has 5 aromatic rings. The number of benzene rings is 2. The van der Waals surface area contributed by atoms with Gasteiger partial charge in [0.25, 0.3) is 6.43 Å². The standard InChI is InChI=1S/C27H24F2N6O/c1-17-8-10-19(11-9-17)15-34-13-12-23(33-34)31-24(36)16-35-27-25(18(2)32-35)21(26(28)29)14-22(30-27)20-6-4-3-5-7-20/h3-14,26H,15-16H2,1-2H3,(H,31,33,36). The summed E-state index contributed by atoms with van der Waals surface area (Å²) in [6.07, 6.45) is -0.924. The van der Waals surface area contributed by atoms with E-state index in [1.165, 1.54) is 16.3 Å². The minimum Gasteiger partial charge on any atom is -0.308 e. The molecule has 182 valence electrons. The molecule has 0 aliphatic heterocycles. The van der Waals surface area contributed by atoms with Crippen LogP contribution in [0.4, 0.5) is 14.6 Å². The number of nitrogens with zero attached hydrogens (tertiary/aromatic N) is 5. The van der Waals surface area contributed by atoms with Gasteiger partial charge in [0.05, 0.1) is 23.3 Å². The van der Waals surface area contributed by atoms with Crippen molar-refractivity contribution in [1.82, 2.24) is 24.5 Å². The van der Waals surface area contributed by atoms with Crippen LogP contribution in [0.15, 0.2) is 72.9 Å². The Morgan fingerprint density at radius 1 is 1.00 bits per heavy atom. The Hall–Kier alpha value is -4.40. The summed E-state index contributed by atoms with van der Waals surface area (Å²) in [5.41, 5.74) is 3.85. The van der Waals surface area contributed by atoms with Gasteiger partial charge in [0.15, 0.2) is 11.5 Å². The summed E-state index contributed by atoms with van der Waals surface area (Å²) in [6.45, 7) is 4.05. The fourth-order valence-corrected chi connectivity index (χ4v) is 4.14. The van der Waals surface area contributed by atoms with E-state index in [1.807, 2.05) is 49.4 Å². The molecule has 0 spiro atoms. The normalized spacial score (nSPS) is 11.4. The first-order valence-electron chi connectivity index (χ1n) is 11.5. The van der Waals surface area contributed by atoms with Gasteiger partial charge in [-0.2, -0.15) is 10.2 Å². The molecule has 0 bridgehead atoms. The lowest BCUT2D eigenvalue weighted by Gasteiger charge is -2.09. The molecule has 3 aromatic heterocycles. The highest BCUT2D eigenvalue weighted by Gasteiger charge is 2.22. The Morgan fingerprint density at radius 2 is 1.75 bits per heavy atom. The van der Waals surface area contributed by atoms with Crippen LogP contribution >= 0.6 is 0 Å². The van der Waals surface area contributed by atoms with Crippen molar-refractivity contribution in [3.8, 4) is 11.3 Å². The molecule has 3 heterocycles. The number of aryl methyl sites for hydroxylation is 2. The summed E-state index contributed by atoms with van der Waals surface area (Å²) in [5.74, 6) is 0.0111. The van der Waals surface area contributed by atoms with Crippen molar-refractivity contribution in [2.45, 2.75) is 33.4 Å². The second-order valence-electron chi connectivity index (χ2n) is 8.64. The van der Waals surface area contributed by atoms with Crippen LogP contribution in [-0.4, -0.2) is 30.5 Å². The number of aromatic nitrogens is 5. The average Bonchev–Trinajstić information content (AvgIpc) is 3.43. The van der Waals surface area contributed by atoms with Gasteiger partial charge in [-0.25, -0.2) is 18.4 Å². The molecular weight excluding hydrogens is 462 g/mol. The van der Waals surface area contributed by atoms with E-state index < -0.39 is 6.43 Å². The summed E-state index contributed by atoms with van der Waals surface area (Å²) in [5, 5.41) is 11.8. The molecule has 7 nitrogen and oxygen atoms in total. The van der Waals surface area contributed by atoms with E-state index >= 15 is 0 Å². The molecule has 0 saturated heterocycles. The van der Waals surface area contributed by atoms with Crippen LogP contribution in [0.2, 0.25) is 0 Å². The van der Waals surface area contributed by atoms with Crippen LogP contribution in [-0.2, 0) is 17.9 Å². The van der Waals surface area contributed by atoms with Crippen molar-refractivity contribution >= 4 is 22.8 Å². The molecule has 5 rings (SSSR count). The Kier molecular flexibility index (Phi) is 6.28. The van der Waals surface area contributed by atoms with Crippen molar-refractivity contribution < 1.29 is 13.6 Å². The van der Waals surface area contributed by atoms with Gasteiger partial charge in [-0.3, -0.25) is 9.48 Å². The van der Waals surface area contributed by atoms with Gasteiger partial charge in [-0.1, -0.05) is 60.2 Å². The van der Waals surface area contributed by atoms with Gasteiger partial charge < -0.3 is 5.32 Å².